The van der Waals surface area contributed by atoms with Gasteiger partial charge in [0.25, 0.3) is 0 Å². The van der Waals surface area contributed by atoms with Gasteiger partial charge in [-0.1, -0.05) is 25.5 Å². The van der Waals surface area contributed by atoms with E-state index >= 15 is 0 Å². The predicted molar refractivity (Wildman–Crippen MR) is 149 cm³/mol. The summed E-state index contributed by atoms with van der Waals surface area (Å²) < 4.78 is 0. The number of pyridine rings is 1. The van der Waals surface area contributed by atoms with Gasteiger partial charge in [0, 0.05) is 57.1 Å². The molecule has 8 heteroatoms. The van der Waals surface area contributed by atoms with Crippen LogP contribution in [0.25, 0.3) is 0 Å². The van der Waals surface area contributed by atoms with Crippen molar-refractivity contribution < 1.29 is 19.9 Å². The van der Waals surface area contributed by atoms with Crippen molar-refractivity contribution in [3.8, 4) is 0 Å². The van der Waals surface area contributed by atoms with Crippen LogP contribution in [-0.2, 0) is 14.4 Å². The summed E-state index contributed by atoms with van der Waals surface area (Å²) in [6.45, 7) is 8.49. The maximum Gasteiger partial charge on any atom is 0.155 e. The van der Waals surface area contributed by atoms with E-state index in [9.17, 15) is 14.4 Å². The molecule has 1 aromatic rings. The molecular formula is C30H42ClN3O4. The summed E-state index contributed by atoms with van der Waals surface area (Å²) >= 11 is 0. The van der Waals surface area contributed by atoms with E-state index in [4.69, 9.17) is 0 Å². The average molecular weight is 544 g/mol. The summed E-state index contributed by atoms with van der Waals surface area (Å²) in [6, 6.07) is 6.00. The van der Waals surface area contributed by atoms with E-state index in [0.717, 1.165) is 64.1 Å². The summed E-state index contributed by atoms with van der Waals surface area (Å²) in [6.07, 6.45) is 9.48. The lowest BCUT2D eigenvalue weighted by molar-refractivity contribution is -0.148. The van der Waals surface area contributed by atoms with Crippen LogP contribution >= 0.6 is 12.4 Å². The molecule has 6 rings (SSSR count). The number of halogens is 1. The highest BCUT2D eigenvalue weighted by Gasteiger charge is 2.63. The third-order valence-corrected chi connectivity index (χ3v) is 10.8. The lowest BCUT2D eigenvalue weighted by atomic mass is 9.46. The fraction of sp³-hybridized carbons (Fsp3) is 0.667. The molecule has 2 heterocycles. The summed E-state index contributed by atoms with van der Waals surface area (Å²) in [5.74, 6) is 2.72. The van der Waals surface area contributed by atoms with Crippen molar-refractivity contribution in [2.75, 3.05) is 37.6 Å². The van der Waals surface area contributed by atoms with Crippen molar-refractivity contribution in [3.63, 3.8) is 0 Å². The summed E-state index contributed by atoms with van der Waals surface area (Å²) in [5.41, 5.74) is 0.838. The molecule has 0 aromatic carbocycles. The van der Waals surface area contributed by atoms with Crippen molar-refractivity contribution in [2.45, 2.75) is 58.8 Å². The minimum atomic E-state index is -0.215. The van der Waals surface area contributed by atoms with Crippen LogP contribution in [0.4, 0.5) is 5.82 Å². The number of hydrogen-bond acceptors (Lipinski definition) is 6. The smallest absolute Gasteiger partial charge is 0.155 e. The second-order valence-electron chi connectivity index (χ2n) is 12.5. The molecule has 0 spiro atoms. The Morgan fingerprint density at radius 2 is 1.82 bits per heavy atom. The van der Waals surface area contributed by atoms with Gasteiger partial charge in [-0.05, 0) is 73.0 Å². The van der Waals surface area contributed by atoms with E-state index in [2.05, 4.69) is 28.6 Å². The third kappa shape index (κ3) is 4.65. The van der Waals surface area contributed by atoms with Crippen LogP contribution in [0.15, 0.2) is 36.0 Å². The molecule has 5 aliphatic rings. The molecule has 3 saturated carbocycles. The average Bonchev–Trinajstić information content (AvgIpc) is 3.22. The molecule has 1 saturated heterocycles. The molecule has 1 aliphatic heterocycles. The topological polar surface area (TPSA) is 102 Å². The highest BCUT2D eigenvalue weighted by Crippen LogP contribution is 2.65. The van der Waals surface area contributed by atoms with Crippen LogP contribution in [-0.4, -0.2) is 65.4 Å². The molecule has 2 N–H and O–H groups in total. The van der Waals surface area contributed by atoms with E-state index in [1.54, 1.807) is 0 Å². The number of carbonyl (C=O) groups is 3. The van der Waals surface area contributed by atoms with E-state index in [1.807, 2.05) is 30.5 Å². The highest BCUT2D eigenvalue weighted by atomic mass is 35.5. The maximum absolute atomic E-state index is 13.8. The molecule has 0 amide bonds. The number of carbonyl (C=O) groups excluding carboxylic acids is 3. The Balaban J connectivity index is 0.00000168. The number of aromatic nitrogens is 1. The summed E-state index contributed by atoms with van der Waals surface area (Å²) in [7, 11) is 0. The summed E-state index contributed by atoms with van der Waals surface area (Å²) in [4.78, 5) is 48.6. The van der Waals surface area contributed by atoms with Crippen molar-refractivity contribution in [2.24, 2.45) is 34.5 Å². The lowest BCUT2D eigenvalue weighted by Gasteiger charge is -2.56. The quantitative estimate of drug-likeness (QED) is 0.574. The number of nitrogens with zero attached hydrogens (tertiary/aromatic N) is 3. The van der Waals surface area contributed by atoms with Gasteiger partial charge in [-0.15, -0.1) is 12.4 Å². The van der Waals surface area contributed by atoms with Gasteiger partial charge in [0.1, 0.15) is 17.4 Å². The second kappa shape index (κ2) is 10.8. The molecule has 1 aromatic heterocycles. The first-order chi connectivity index (χ1) is 17.3. The van der Waals surface area contributed by atoms with Crippen LogP contribution in [0, 0.1) is 34.5 Å². The zero-order valence-corrected chi connectivity index (χ0v) is 23.5. The number of fused-ring (bicyclic) bond motifs is 5. The Kier molecular flexibility index (Phi) is 8.23. The van der Waals surface area contributed by atoms with Gasteiger partial charge in [0.2, 0.25) is 0 Å². The fourth-order valence-electron chi connectivity index (χ4n) is 8.92. The first-order valence-corrected chi connectivity index (χ1v) is 14.0. The number of ketones is 3. The second-order valence-corrected chi connectivity index (χ2v) is 12.5. The molecule has 0 unspecified atom stereocenters. The van der Waals surface area contributed by atoms with Gasteiger partial charge in [0.15, 0.2) is 5.78 Å². The molecule has 4 fully saturated rings. The number of anilines is 1. The van der Waals surface area contributed by atoms with Crippen molar-refractivity contribution in [1.29, 1.82) is 0 Å². The third-order valence-electron chi connectivity index (χ3n) is 10.8. The zero-order valence-electron chi connectivity index (χ0n) is 22.7. The van der Waals surface area contributed by atoms with Gasteiger partial charge in [-0.3, -0.25) is 19.3 Å². The molecule has 208 valence electrons. The van der Waals surface area contributed by atoms with E-state index < -0.39 is 0 Å². The van der Waals surface area contributed by atoms with Crippen LogP contribution in [0.1, 0.15) is 58.8 Å². The molecule has 7 nitrogen and oxygen atoms in total. The minimum Gasteiger partial charge on any atom is -0.412 e. The van der Waals surface area contributed by atoms with Crippen molar-refractivity contribution in [3.05, 3.63) is 36.0 Å². The molecule has 0 bridgehead atoms. The molecule has 38 heavy (non-hydrogen) atoms. The first kappa shape index (κ1) is 28.9. The SMILES string of the molecule is C[C@]12CC(=O)[C@H]3[C@@H](CCC4=CC(=O)CC[C@@]43C)[C@@H]1CC[C@@H]2C(=O)CN1CCN(c2ccccn2)CC1.Cl.O. The minimum absolute atomic E-state index is 0. The van der Waals surface area contributed by atoms with Gasteiger partial charge in [0.05, 0.1) is 6.54 Å². The maximum atomic E-state index is 13.8. The number of allylic oxidation sites excluding steroid dienone is 1. The monoisotopic (exact) mass is 543 g/mol. The lowest BCUT2D eigenvalue weighted by Crippen LogP contribution is -2.56. The number of Topliss-reactive ketones (excluding diaryl/α,β-unsaturated/α-hetero) is 2. The fourth-order valence-corrected chi connectivity index (χ4v) is 8.92. The van der Waals surface area contributed by atoms with Crippen molar-refractivity contribution >= 4 is 35.6 Å². The van der Waals surface area contributed by atoms with Gasteiger partial charge in [-0.2, -0.15) is 0 Å². The first-order valence-electron chi connectivity index (χ1n) is 14.0. The Morgan fingerprint density at radius 3 is 2.53 bits per heavy atom. The largest absolute Gasteiger partial charge is 0.412 e. The highest BCUT2D eigenvalue weighted by molar-refractivity contribution is 5.93. The van der Waals surface area contributed by atoms with E-state index in [1.165, 1.54) is 5.57 Å². The molecular weight excluding hydrogens is 502 g/mol. The number of piperazine rings is 1. The van der Waals surface area contributed by atoms with Crippen LogP contribution in [0.3, 0.4) is 0 Å². The normalized spacial score (nSPS) is 36.7. The van der Waals surface area contributed by atoms with Crippen LogP contribution in [0.2, 0.25) is 0 Å². The van der Waals surface area contributed by atoms with E-state index in [0.29, 0.717) is 42.8 Å². The van der Waals surface area contributed by atoms with Gasteiger partial charge in [-0.25, -0.2) is 4.98 Å². The van der Waals surface area contributed by atoms with E-state index in [-0.39, 0.29) is 46.3 Å². The zero-order chi connectivity index (χ0) is 25.1. The summed E-state index contributed by atoms with van der Waals surface area (Å²) in [5, 5.41) is 0. The number of hydrogen-bond donors (Lipinski definition) is 0. The van der Waals surface area contributed by atoms with Gasteiger partial charge >= 0.3 is 0 Å². The Morgan fingerprint density at radius 1 is 1.05 bits per heavy atom. The molecule has 4 aliphatic carbocycles. The Labute approximate surface area is 232 Å². The molecule has 0 radical (unpaired) electrons. The Hall–Kier alpha value is -2.09. The standard InChI is InChI=1S/C30H39N3O3.ClH.H2O/c1-29-11-10-21(34)17-20(29)6-7-22-23-8-9-24(30(23,2)18-25(35)28(22)29)26(36)19-32-13-15-33(16-14-32)27-5-3-4-12-31-27;;/h3-5,12,17,22-24,28H,6-11,13-16,18-19H2,1-2H3;1H;1H2/t22-,23-,24+,28+,29-,30-;;/m0../s1. The van der Waals surface area contributed by atoms with Crippen LogP contribution in [0.5, 0.6) is 0 Å². The number of rotatable bonds is 4. The van der Waals surface area contributed by atoms with Crippen LogP contribution < -0.4 is 4.90 Å². The van der Waals surface area contributed by atoms with Crippen molar-refractivity contribution in [1.82, 2.24) is 9.88 Å². The predicted octanol–water partition coefficient (Wildman–Crippen LogP) is 3.70. The molecule has 6 atom stereocenters. The Bertz CT molecular complexity index is 1100. The van der Waals surface area contributed by atoms with Gasteiger partial charge < -0.3 is 10.4 Å².